The predicted octanol–water partition coefficient (Wildman–Crippen LogP) is 3.00. The summed E-state index contributed by atoms with van der Waals surface area (Å²) >= 11 is 5.69. The zero-order valence-corrected chi connectivity index (χ0v) is 17.6. The molecule has 1 aromatic carbocycles. The molecular weight excluding hydrogens is 404 g/mol. The van der Waals surface area contributed by atoms with Crippen molar-refractivity contribution in [2.45, 2.75) is 25.7 Å². The molecule has 2 saturated carbocycles. The maximum absolute atomic E-state index is 11.4. The van der Waals surface area contributed by atoms with Gasteiger partial charge in [0, 0.05) is 17.3 Å². The number of halogens is 1. The minimum atomic E-state index is -0.809. The number of rotatable bonds is 6. The number of hydrogen-bond donors (Lipinski definition) is 5. The molecule has 0 aliphatic heterocycles. The van der Waals surface area contributed by atoms with Crippen LogP contribution in [-0.4, -0.2) is 23.2 Å². The number of nitrogens with one attached hydrogen (secondary N) is 2. The number of carbonyl (C=O) groups is 1. The molecule has 2 aliphatic carbocycles. The van der Waals surface area contributed by atoms with Gasteiger partial charge in [0.15, 0.2) is 0 Å². The number of amides is 1. The number of H-pyrrole nitrogens is 1. The number of nitrogens with two attached hydrogens (primary N) is 3. The number of aromatic nitrogens is 2. The molecule has 4 rings (SSSR count). The van der Waals surface area contributed by atoms with Crippen LogP contribution in [0.1, 0.15) is 25.7 Å². The van der Waals surface area contributed by atoms with Gasteiger partial charge < -0.3 is 27.3 Å². The summed E-state index contributed by atoms with van der Waals surface area (Å²) in [7, 11) is 1.52. The van der Waals surface area contributed by atoms with Crippen LogP contribution in [0.25, 0.3) is 11.1 Å². The number of carbonyl (C=O) groups excluding carboxylic acids is 1. The van der Waals surface area contributed by atoms with Crippen molar-refractivity contribution < 1.29 is 9.53 Å². The SMILES string of the molecule is C1CC2CC2C1.COc1c(NC(/C=C(\N)Cl)=C(/N)C(N)=O)cccc1-c1cn[nH]c1. The summed E-state index contributed by atoms with van der Waals surface area (Å²) in [5, 5.41) is 9.57. The van der Waals surface area contributed by atoms with E-state index in [1.54, 1.807) is 43.8 Å². The Kier molecular flexibility index (Phi) is 6.89. The topological polar surface area (TPSA) is 145 Å². The van der Waals surface area contributed by atoms with Gasteiger partial charge >= 0.3 is 0 Å². The maximum atomic E-state index is 11.4. The molecule has 8 N–H and O–H groups in total. The molecule has 8 nitrogen and oxygen atoms in total. The summed E-state index contributed by atoms with van der Waals surface area (Å²) < 4.78 is 5.48. The van der Waals surface area contributed by atoms with Gasteiger partial charge in [-0.1, -0.05) is 43.0 Å². The van der Waals surface area contributed by atoms with Crippen molar-refractivity contribution in [3.05, 3.63) is 53.2 Å². The lowest BCUT2D eigenvalue weighted by atomic mass is 10.1. The normalized spacial score (nSPS) is 20.4. The highest BCUT2D eigenvalue weighted by Gasteiger charge is 2.40. The van der Waals surface area contributed by atoms with E-state index in [1.807, 2.05) is 6.07 Å². The van der Waals surface area contributed by atoms with E-state index in [4.69, 9.17) is 33.5 Å². The van der Waals surface area contributed by atoms with Gasteiger partial charge in [0.25, 0.3) is 5.91 Å². The van der Waals surface area contributed by atoms with Crippen molar-refractivity contribution >= 4 is 23.2 Å². The third-order valence-corrected chi connectivity index (χ3v) is 5.46. The average molecular weight is 431 g/mol. The van der Waals surface area contributed by atoms with Crippen molar-refractivity contribution in [3.8, 4) is 16.9 Å². The molecule has 2 fully saturated rings. The minimum absolute atomic E-state index is 0.0633. The van der Waals surface area contributed by atoms with E-state index < -0.39 is 5.91 Å². The lowest BCUT2D eigenvalue weighted by Crippen LogP contribution is -2.24. The van der Waals surface area contributed by atoms with E-state index in [0.29, 0.717) is 11.4 Å². The Bertz CT molecular complexity index is 942. The number of para-hydroxylation sites is 1. The molecule has 2 unspecified atom stereocenters. The monoisotopic (exact) mass is 430 g/mol. The number of ether oxygens (including phenoxy) is 1. The largest absolute Gasteiger partial charge is 0.494 e. The van der Waals surface area contributed by atoms with Crippen LogP contribution >= 0.6 is 11.6 Å². The molecule has 1 heterocycles. The Morgan fingerprint density at radius 2 is 2.03 bits per heavy atom. The smallest absolute Gasteiger partial charge is 0.266 e. The molecule has 0 radical (unpaired) electrons. The molecule has 0 saturated heterocycles. The second-order valence-electron chi connectivity index (χ2n) is 7.41. The first-order chi connectivity index (χ1) is 14.4. The fraction of sp³-hybridized carbons (Fsp3) is 0.333. The van der Waals surface area contributed by atoms with Gasteiger partial charge in [-0.2, -0.15) is 5.10 Å². The van der Waals surface area contributed by atoms with Gasteiger partial charge in [0.2, 0.25) is 0 Å². The number of anilines is 1. The van der Waals surface area contributed by atoms with E-state index in [9.17, 15) is 4.79 Å². The second kappa shape index (κ2) is 9.58. The number of fused-ring (bicyclic) bond motifs is 1. The van der Waals surface area contributed by atoms with E-state index >= 15 is 0 Å². The van der Waals surface area contributed by atoms with Gasteiger partial charge in [-0.25, -0.2) is 0 Å². The van der Waals surface area contributed by atoms with Crippen molar-refractivity contribution in [1.29, 1.82) is 0 Å². The summed E-state index contributed by atoms with van der Waals surface area (Å²) in [5.74, 6) is 2.14. The molecule has 160 valence electrons. The van der Waals surface area contributed by atoms with Gasteiger partial charge in [0.05, 0.1) is 24.7 Å². The number of primary amides is 1. The standard InChI is InChI=1S/C15H17ClN6O2.C6H10/c1-24-14-9(8-6-20-21-7-8)3-2-4-10(14)22-11(5-12(16)17)13(18)15(19)23;1-2-5-4-6(5)3-1/h2-7,22H,17-18H2,1H3,(H2,19,23)(H,20,21);5-6H,1-4H2/b12-5-,13-11+;. The highest BCUT2D eigenvalue weighted by Crippen LogP contribution is 2.51. The first kappa shape index (κ1) is 21.6. The fourth-order valence-electron chi connectivity index (χ4n) is 3.74. The number of methoxy groups -OCH3 is 1. The van der Waals surface area contributed by atoms with Crippen molar-refractivity contribution in [3.63, 3.8) is 0 Å². The number of nitrogens with zero attached hydrogens (tertiary/aromatic N) is 1. The summed E-state index contributed by atoms with van der Waals surface area (Å²) in [6.45, 7) is 0. The lowest BCUT2D eigenvalue weighted by molar-refractivity contribution is -0.114. The highest BCUT2D eigenvalue weighted by atomic mass is 35.5. The molecule has 1 amide bonds. The van der Waals surface area contributed by atoms with E-state index in [1.165, 1.54) is 31.4 Å². The van der Waals surface area contributed by atoms with E-state index in [2.05, 4.69) is 15.5 Å². The van der Waals surface area contributed by atoms with Gasteiger partial charge in [0.1, 0.15) is 16.6 Å². The maximum Gasteiger partial charge on any atom is 0.266 e. The lowest BCUT2D eigenvalue weighted by Gasteiger charge is -2.16. The van der Waals surface area contributed by atoms with Crippen LogP contribution in [0.2, 0.25) is 0 Å². The van der Waals surface area contributed by atoms with Crippen molar-refractivity contribution in [2.75, 3.05) is 12.4 Å². The van der Waals surface area contributed by atoms with Crippen LogP contribution < -0.4 is 27.3 Å². The number of allylic oxidation sites excluding steroid dienone is 1. The van der Waals surface area contributed by atoms with Crippen LogP contribution in [0.15, 0.2) is 53.2 Å². The quantitative estimate of drug-likeness (QED) is 0.270. The highest BCUT2D eigenvalue weighted by molar-refractivity contribution is 6.29. The Balaban J connectivity index is 0.000000357. The Hall–Kier alpha value is -3.13. The molecule has 0 bridgehead atoms. The van der Waals surface area contributed by atoms with Crippen LogP contribution in [-0.2, 0) is 4.79 Å². The molecule has 9 heteroatoms. The summed E-state index contributed by atoms with van der Waals surface area (Å²) in [6, 6.07) is 5.41. The molecule has 2 aromatic rings. The third-order valence-electron chi connectivity index (χ3n) is 5.35. The average Bonchev–Trinajstić information content (AvgIpc) is 3.12. The van der Waals surface area contributed by atoms with Crippen LogP contribution in [0.3, 0.4) is 0 Å². The molecular formula is C21H27ClN6O2. The fourth-order valence-corrected chi connectivity index (χ4v) is 3.85. The third kappa shape index (κ3) is 5.27. The first-order valence-electron chi connectivity index (χ1n) is 9.76. The Labute approximate surface area is 180 Å². The van der Waals surface area contributed by atoms with E-state index in [0.717, 1.165) is 11.1 Å². The zero-order chi connectivity index (χ0) is 21.7. The molecule has 2 atom stereocenters. The zero-order valence-electron chi connectivity index (χ0n) is 16.8. The minimum Gasteiger partial charge on any atom is -0.494 e. The van der Waals surface area contributed by atoms with Gasteiger partial charge in [-0.3, -0.25) is 9.89 Å². The first-order valence-corrected chi connectivity index (χ1v) is 10.1. The summed E-state index contributed by atoms with van der Waals surface area (Å²) in [6.07, 6.45) is 10.9. The van der Waals surface area contributed by atoms with Gasteiger partial charge in [-0.05, 0) is 30.4 Å². The van der Waals surface area contributed by atoms with Crippen molar-refractivity contribution in [2.24, 2.45) is 29.0 Å². The van der Waals surface area contributed by atoms with Crippen molar-refractivity contribution in [1.82, 2.24) is 10.2 Å². The Morgan fingerprint density at radius 1 is 1.30 bits per heavy atom. The second-order valence-corrected chi connectivity index (χ2v) is 7.84. The predicted molar refractivity (Wildman–Crippen MR) is 118 cm³/mol. The summed E-state index contributed by atoms with van der Waals surface area (Å²) in [5.41, 5.74) is 18.5. The molecule has 30 heavy (non-hydrogen) atoms. The van der Waals surface area contributed by atoms with Crippen LogP contribution in [0, 0.1) is 11.8 Å². The number of aromatic amines is 1. The molecule has 0 spiro atoms. The number of benzene rings is 1. The molecule has 2 aliphatic rings. The van der Waals surface area contributed by atoms with Gasteiger partial charge in [-0.15, -0.1) is 0 Å². The Morgan fingerprint density at radius 3 is 2.50 bits per heavy atom. The van der Waals surface area contributed by atoms with E-state index in [-0.39, 0.29) is 16.6 Å². The number of hydrogen-bond acceptors (Lipinski definition) is 6. The molecule has 1 aromatic heterocycles. The summed E-state index contributed by atoms with van der Waals surface area (Å²) in [4.78, 5) is 11.4. The van der Waals surface area contributed by atoms with Crippen LogP contribution in [0.4, 0.5) is 5.69 Å². The van der Waals surface area contributed by atoms with Crippen LogP contribution in [0.5, 0.6) is 5.75 Å².